The lowest BCUT2D eigenvalue weighted by molar-refractivity contribution is 0.0938. The van der Waals surface area contributed by atoms with Crippen molar-refractivity contribution in [1.29, 1.82) is 0 Å². The average molecular weight is 283 g/mol. The smallest absolute Gasteiger partial charge is 0.184 e. The molecule has 2 N–H and O–H groups in total. The topological polar surface area (TPSA) is 49.3 Å². The van der Waals surface area contributed by atoms with E-state index in [9.17, 15) is 9.90 Å². The van der Waals surface area contributed by atoms with Crippen LogP contribution in [-0.2, 0) is 0 Å². The molecule has 110 valence electrons. The van der Waals surface area contributed by atoms with Crippen LogP contribution >= 0.6 is 0 Å². The van der Waals surface area contributed by atoms with Crippen LogP contribution in [0.2, 0.25) is 0 Å². The Labute approximate surface area is 125 Å². The Kier molecular flexibility index (Phi) is 5.67. The van der Waals surface area contributed by atoms with Crippen molar-refractivity contribution in [3.8, 4) is 0 Å². The number of hydrogen-bond acceptors (Lipinski definition) is 3. The first-order chi connectivity index (χ1) is 10.2. The summed E-state index contributed by atoms with van der Waals surface area (Å²) in [6, 6.07) is 18.6. The van der Waals surface area contributed by atoms with Gasteiger partial charge in [0.15, 0.2) is 5.78 Å². The van der Waals surface area contributed by atoms with E-state index in [1.165, 1.54) is 0 Å². The van der Waals surface area contributed by atoms with Gasteiger partial charge in [-0.2, -0.15) is 0 Å². The highest BCUT2D eigenvalue weighted by molar-refractivity contribution is 6.00. The first-order valence-corrected chi connectivity index (χ1v) is 7.24. The zero-order chi connectivity index (χ0) is 15.1. The van der Waals surface area contributed by atoms with Crippen molar-refractivity contribution >= 4 is 5.78 Å². The van der Waals surface area contributed by atoms with Crippen LogP contribution in [0.1, 0.15) is 35.3 Å². The zero-order valence-corrected chi connectivity index (χ0v) is 12.2. The third-order valence-electron chi connectivity index (χ3n) is 3.36. The van der Waals surface area contributed by atoms with Crippen LogP contribution in [0.5, 0.6) is 0 Å². The second-order valence-corrected chi connectivity index (χ2v) is 5.17. The molecule has 0 unspecified atom stereocenters. The number of benzene rings is 2. The molecule has 21 heavy (non-hydrogen) atoms. The number of carbonyl (C=O) groups excluding carboxylic acids is 1. The maximum atomic E-state index is 12.7. The van der Waals surface area contributed by atoms with E-state index in [1.807, 2.05) is 60.7 Å². The van der Waals surface area contributed by atoms with Crippen LogP contribution < -0.4 is 5.32 Å². The van der Waals surface area contributed by atoms with Gasteiger partial charge in [0.2, 0.25) is 0 Å². The number of Topliss-reactive ketones (excluding diaryl/α,β-unsaturated/α-hetero) is 1. The number of aliphatic hydroxyl groups is 1. The van der Waals surface area contributed by atoms with E-state index < -0.39 is 0 Å². The molecular formula is C18H21NO2. The van der Waals surface area contributed by atoms with Crippen LogP contribution in [0, 0.1) is 0 Å². The summed E-state index contributed by atoms with van der Waals surface area (Å²) in [5.41, 5.74) is 1.63. The summed E-state index contributed by atoms with van der Waals surface area (Å²) >= 11 is 0. The van der Waals surface area contributed by atoms with Crippen molar-refractivity contribution in [2.45, 2.75) is 25.5 Å². The van der Waals surface area contributed by atoms with Gasteiger partial charge in [0.05, 0.1) is 12.1 Å². The first-order valence-electron chi connectivity index (χ1n) is 7.24. The summed E-state index contributed by atoms with van der Waals surface area (Å²) in [5, 5.41) is 12.6. The first kappa shape index (κ1) is 15.4. The van der Waals surface area contributed by atoms with Crippen LogP contribution in [0.15, 0.2) is 60.7 Å². The van der Waals surface area contributed by atoms with E-state index in [0.717, 1.165) is 5.56 Å². The van der Waals surface area contributed by atoms with Gasteiger partial charge < -0.3 is 10.4 Å². The lowest BCUT2D eigenvalue weighted by atomic mass is 9.97. The normalized spacial score (nSPS) is 13.6. The predicted octanol–water partition coefficient (Wildman–Crippen LogP) is 2.97. The molecule has 0 spiro atoms. The van der Waals surface area contributed by atoms with Gasteiger partial charge in [0.1, 0.15) is 0 Å². The maximum Gasteiger partial charge on any atom is 0.184 e. The molecular weight excluding hydrogens is 262 g/mol. The standard InChI is InChI=1S/C18H21NO2/c1-14(20)12-13-19-17(15-8-4-2-5-9-15)18(21)16-10-6-3-7-11-16/h2-11,14,17,19-20H,12-13H2,1H3/t14-,17+/m0/s1. The SMILES string of the molecule is C[C@H](O)CCN[C@@H](C(=O)c1ccccc1)c1ccccc1. The lowest BCUT2D eigenvalue weighted by Crippen LogP contribution is -2.30. The number of aliphatic hydroxyl groups excluding tert-OH is 1. The molecule has 0 saturated heterocycles. The molecule has 0 aliphatic heterocycles. The molecule has 0 heterocycles. The van der Waals surface area contributed by atoms with E-state index in [4.69, 9.17) is 0 Å². The molecule has 2 rings (SSSR count). The minimum Gasteiger partial charge on any atom is -0.393 e. The van der Waals surface area contributed by atoms with E-state index in [-0.39, 0.29) is 17.9 Å². The quantitative estimate of drug-likeness (QED) is 0.768. The number of carbonyl (C=O) groups is 1. The molecule has 2 aromatic carbocycles. The monoisotopic (exact) mass is 283 g/mol. The molecule has 0 aliphatic carbocycles. The number of hydrogen-bond donors (Lipinski definition) is 2. The van der Waals surface area contributed by atoms with Crippen molar-refractivity contribution in [3.05, 3.63) is 71.8 Å². The van der Waals surface area contributed by atoms with E-state index >= 15 is 0 Å². The molecule has 0 fully saturated rings. The molecule has 3 heteroatoms. The molecule has 2 atom stereocenters. The van der Waals surface area contributed by atoms with E-state index in [0.29, 0.717) is 18.5 Å². The van der Waals surface area contributed by atoms with Gasteiger partial charge in [0.25, 0.3) is 0 Å². The average Bonchev–Trinajstić information content (AvgIpc) is 2.52. The summed E-state index contributed by atoms with van der Waals surface area (Å²) in [5.74, 6) is 0.0485. The minimum absolute atomic E-state index is 0.0485. The summed E-state index contributed by atoms with van der Waals surface area (Å²) in [6.45, 7) is 2.34. The Hall–Kier alpha value is -1.97. The Morgan fingerprint density at radius 3 is 2.19 bits per heavy atom. The maximum absolute atomic E-state index is 12.7. The lowest BCUT2D eigenvalue weighted by Gasteiger charge is -2.19. The molecule has 2 aromatic rings. The van der Waals surface area contributed by atoms with Gasteiger partial charge in [-0.05, 0) is 25.5 Å². The Bertz CT molecular complexity index is 552. The van der Waals surface area contributed by atoms with Crippen molar-refractivity contribution < 1.29 is 9.90 Å². The van der Waals surface area contributed by atoms with Gasteiger partial charge in [-0.3, -0.25) is 4.79 Å². The summed E-state index contributed by atoms with van der Waals surface area (Å²) in [6.07, 6.45) is 0.242. The predicted molar refractivity (Wildman–Crippen MR) is 84.3 cm³/mol. The minimum atomic E-state index is -0.382. The number of ketones is 1. The highest BCUT2D eigenvalue weighted by Gasteiger charge is 2.21. The second kappa shape index (κ2) is 7.72. The van der Waals surface area contributed by atoms with E-state index in [2.05, 4.69) is 5.32 Å². The van der Waals surface area contributed by atoms with Crippen LogP contribution in [0.4, 0.5) is 0 Å². The van der Waals surface area contributed by atoms with Crippen LogP contribution in [-0.4, -0.2) is 23.5 Å². The third kappa shape index (κ3) is 4.52. The van der Waals surface area contributed by atoms with Gasteiger partial charge in [0, 0.05) is 5.56 Å². The Morgan fingerprint density at radius 1 is 1.05 bits per heavy atom. The van der Waals surface area contributed by atoms with Crippen LogP contribution in [0.25, 0.3) is 0 Å². The van der Waals surface area contributed by atoms with Crippen molar-refractivity contribution in [3.63, 3.8) is 0 Å². The van der Waals surface area contributed by atoms with E-state index in [1.54, 1.807) is 6.92 Å². The fourth-order valence-corrected chi connectivity index (χ4v) is 2.21. The number of nitrogens with one attached hydrogen (secondary N) is 1. The molecule has 0 amide bonds. The molecule has 0 bridgehead atoms. The summed E-state index contributed by atoms with van der Waals surface area (Å²) in [4.78, 5) is 12.7. The number of rotatable bonds is 7. The fourth-order valence-electron chi connectivity index (χ4n) is 2.21. The van der Waals surface area contributed by atoms with Gasteiger partial charge in [-0.1, -0.05) is 60.7 Å². The summed E-state index contributed by atoms with van der Waals surface area (Å²) in [7, 11) is 0. The molecule has 0 aliphatic rings. The van der Waals surface area contributed by atoms with Crippen molar-refractivity contribution in [2.75, 3.05) is 6.54 Å². The van der Waals surface area contributed by atoms with Crippen molar-refractivity contribution in [1.82, 2.24) is 5.32 Å². The van der Waals surface area contributed by atoms with Crippen molar-refractivity contribution in [2.24, 2.45) is 0 Å². The fraction of sp³-hybridized carbons (Fsp3) is 0.278. The summed E-state index contributed by atoms with van der Waals surface area (Å²) < 4.78 is 0. The molecule has 3 nitrogen and oxygen atoms in total. The van der Waals surface area contributed by atoms with Gasteiger partial charge in [-0.25, -0.2) is 0 Å². The highest BCUT2D eigenvalue weighted by atomic mass is 16.3. The Morgan fingerprint density at radius 2 is 1.62 bits per heavy atom. The van der Waals surface area contributed by atoms with Gasteiger partial charge >= 0.3 is 0 Å². The van der Waals surface area contributed by atoms with Gasteiger partial charge in [-0.15, -0.1) is 0 Å². The third-order valence-corrected chi connectivity index (χ3v) is 3.36. The second-order valence-electron chi connectivity index (χ2n) is 5.17. The zero-order valence-electron chi connectivity index (χ0n) is 12.2. The van der Waals surface area contributed by atoms with Crippen LogP contribution in [0.3, 0.4) is 0 Å². The molecule has 0 saturated carbocycles. The Balaban J connectivity index is 2.17. The highest BCUT2D eigenvalue weighted by Crippen LogP contribution is 2.18. The largest absolute Gasteiger partial charge is 0.393 e. The molecule has 0 radical (unpaired) electrons. The molecule has 0 aromatic heterocycles.